The molecule has 110 valence electrons. The number of nitrogens with zero attached hydrogens (tertiary/aromatic N) is 1. The summed E-state index contributed by atoms with van der Waals surface area (Å²) in [5, 5.41) is 0. The van der Waals surface area contributed by atoms with Gasteiger partial charge in [-0.2, -0.15) is 4.57 Å². The van der Waals surface area contributed by atoms with Crippen molar-refractivity contribution in [3.63, 3.8) is 0 Å². The summed E-state index contributed by atoms with van der Waals surface area (Å²) < 4.78 is 30.4. The highest BCUT2D eigenvalue weighted by molar-refractivity contribution is 5.65. The van der Waals surface area contributed by atoms with Crippen LogP contribution in [-0.4, -0.2) is 0 Å². The number of pyridine rings is 1. The van der Waals surface area contributed by atoms with Gasteiger partial charge in [0.05, 0.1) is 11.0 Å². The Morgan fingerprint density at radius 2 is 1.95 bits per heavy atom. The van der Waals surface area contributed by atoms with Crippen molar-refractivity contribution < 1.29 is 13.3 Å². The second-order valence-electron chi connectivity index (χ2n) is 6.00. The zero-order chi connectivity index (χ0) is 15.2. The van der Waals surface area contributed by atoms with Crippen LogP contribution in [0.5, 0.6) is 0 Å². The maximum atomic E-state index is 14.5. The van der Waals surface area contributed by atoms with Gasteiger partial charge in [-0.15, -0.1) is 0 Å². The van der Waals surface area contributed by atoms with Crippen molar-refractivity contribution in [2.45, 2.75) is 45.1 Å². The summed E-state index contributed by atoms with van der Waals surface area (Å²) in [5.41, 5.74) is 1.90. The summed E-state index contributed by atoms with van der Waals surface area (Å²) in [6, 6.07) is 8.48. The molecular weight excluding hydrogens is 268 g/mol. The lowest BCUT2D eigenvalue weighted by Gasteiger charge is -2.38. The molecule has 1 nitrogen and oxygen atoms in total. The summed E-state index contributed by atoms with van der Waals surface area (Å²) in [6.45, 7) is 6.33. The highest BCUT2D eigenvalue weighted by Crippen LogP contribution is 2.46. The van der Waals surface area contributed by atoms with Gasteiger partial charge in [-0.3, -0.25) is 0 Å². The van der Waals surface area contributed by atoms with E-state index in [4.69, 9.17) is 0 Å². The van der Waals surface area contributed by atoms with E-state index >= 15 is 0 Å². The molecule has 1 aliphatic heterocycles. The SMILES string of the molecule is CCC1[n+]2ccccc2-c2c(F)cc(F)cc2C1(C)CC. The summed E-state index contributed by atoms with van der Waals surface area (Å²) in [5.74, 6) is -0.968. The van der Waals surface area contributed by atoms with Crippen molar-refractivity contribution in [1.29, 1.82) is 0 Å². The van der Waals surface area contributed by atoms with Crippen LogP contribution in [-0.2, 0) is 5.41 Å². The standard InChI is InChI=1S/C18H20F2N/c1-4-16-18(3,5-2)13-10-12(19)11-14(20)17(13)15-8-6-7-9-21(15)16/h6-11,16H,4-5H2,1-3H3/q+1. The molecule has 2 heterocycles. The number of fused-ring (bicyclic) bond motifs is 3. The fourth-order valence-corrected chi connectivity index (χ4v) is 3.78. The quantitative estimate of drug-likeness (QED) is 0.714. The van der Waals surface area contributed by atoms with Crippen molar-refractivity contribution in [2.24, 2.45) is 0 Å². The molecule has 0 spiro atoms. The number of hydrogen-bond acceptors (Lipinski definition) is 0. The second-order valence-corrected chi connectivity index (χ2v) is 6.00. The van der Waals surface area contributed by atoms with Crippen molar-refractivity contribution in [2.75, 3.05) is 0 Å². The maximum absolute atomic E-state index is 14.5. The van der Waals surface area contributed by atoms with Crippen LogP contribution in [0.25, 0.3) is 11.3 Å². The minimum absolute atomic E-state index is 0.201. The van der Waals surface area contributed by atoms with Crippen LogP contribution in [0.3, 0.4) is 0 Å². The largest absolute Gasteiger partial charge is 0.216 e. The average Bonchev–Trinajstić information content (AvgIpc) is 2.47. The molecule has 2 atom stereocenters. The first kappa shape index (κ1) is 14.2. The summed E-state index contributed by atoms with van der Waals surface area (Å²) in [7, 11) is 0. The molecule has 0 amide bonds. The van der Waals surface area contributed by atoms with Gasteiger partial charge in [-0.05, 0) is 31.0 Å². The third-order valence-corrected chi connectivity index (χ3v) is 5.01. The monoisotopic (exact) mass is 288 g/mol. The van der Waals surface area contributed by atoms with Gasteiger partial charge in [0.1, 0.15) is 11.6 Å². The minimum atomic E-state index is -0.495. The molecule has 0 aliphatic carbocycles. The Morgan fingerprint density at radius 3 is 2.62 bits per heavy atom. The molecule has 0 fully saturated rings. The summed E-state index contributed by atoms with van der Waals surface area (Å²) in [4.78, 5) is 0. The molecule has 0 saturated heterocycles. The Hall–Kier alpha value is -1.77. The number of halogens is 2. The smallest absolute Gasteiger partial charge is 0.207 e. The third kappa shape index (κ3) is 1.90. The van der Waals surface area contributed by atoms with Gasteiger partial charge in [0.25, 0.3) is 0 Å². The third-order valence-electron chi connectivity index (χ3n) is 5.01. The van der Waals surface area contributed by atoms with Gasteiger partial charge in [0, 0.05) is 24.6 Å². The minimum Gasteiger partial charge on any atom is -0.207 e. The summed E-state index contributed by atoms with van der Waals surface area (Å²) in [6.07, 6.45) is 3.76. The summed E-state index contributed by atoms with van der Waals surface area (Å²) >= 11 is 0. The van der Waals surface area contributed by atoms with Crippen LogP contribution in [0.4, 0.5) is 8.78 Å². The van der Waals surface area contributed by atoms with Crippen LogP contribution >= 0.6 is 0 Å². The molecular formula is C18H20F2N+. The molecule has 0 N–H and O–H groups in total. The second kappa shape index (κ2) is 4.90. The predicted molar refractivity (Wildman–Crippen MR) is 79.0 cm³/mol. The Bertz CT molecular complexity index is 696. The zero-order valence-electron chi connectivity index (χ0n) is 12.7. The molecule has 1 aromatic heterocycles. The molecule has 21 heavy (non-hydrogen) atoms. The van der Waals surface area contributed by atoms with Gasteiger partial charge < -0.3 is 0 Å². The van der Waals surface area contributed by atoms with Crippen LogP contribution < -0.4 is 4.57 Å². The fraction of sp³-hybridized carbons (Fsp3) is 0.389. The molecule has 0 radical (unpaired) electrons. The zero-order valence-corrected chi connectivity index (χ0v) is 12.7. The van der Waals surface area contributed by atoms with Crippen LogP contribution in [0.1, 0.15) is 45.2 Å². The van der Waals surface area contributed by atoms with E-state index in [2.05, 4.69) is 25.3 Å². The lowest BCUT2D eigenvalue weighted by molar-refractivity contribution is -0.724. The van der Waals surface area contributed by atoms with E-state index < -0.39 is 11.6 Å². The van der Waals surface area contributed by atoms with Gasteiger partial charge in [0.15, 0.2) is 12.2 Å². The number of hydrogen-bond donors (Lipinski definition) is 0. The normalized spacial score (nSPS) is 23.6. The lowest BCUT2D eigenvalue weighted by Crippen LogP contribution is -2.54. The first-order valence-electron chi connectivity index (χ1n) is 7.53. The van der Waals surface area contributed by atoms with Crippen molar-refractivity contribution in [3.05, 3.63) is 53.7 Å². The predicted octanol–water partition coefficient (Wildman–Crippen LogP) is 4.55. The van der Waals surface area contributed by atoms with E-state index in [9.17, 15) is 8.78 Å². The van der Waals surface area contributed by atoms with E-state index in [1.807, 2.05) is 24.4 Å². The highest BCUT2D eigenvalue weighted by Gasteiger charge is 2.48. The maximum Gasteiger partial charge on any atom is 0.216 e. The molecule has 2 aromatic rings. The molecule has 0 bridgehead atoms. The van der Waals surface area contributed by atoms with Gasteiger partial charge in [-0.25, -0.2) is 8.78 Å². The lowest BCUT2D eigenvalue weighted by atomic mass is 9.68. The average molecular weight is 288 g/mol. The van der Waals surface area contributed by atoms with Gasteiger partial charge in [0.2, 0.25) is 5.69 Å². The van der Waals surface area contributed by atoms with Gasteiger partial charge in [-0.1, -0.05) is 13.8 Å². The molecule has 2 unspecified atom stereocenters. The number of benzene rings is 1. The van der Waals surface area contributed by atoms with Crippen LogP contribution in [0.15, 0.2) is 36.5 Å². The van der Waals surface area contributed by atoms with E-state index in [0.717, 1.165) is 30.2 Å². The molecule has 1 aromatic carbocycles. The molecule has 3 rings (SSSR count). The van der Waals surface area contributed by atoms with Crippen LogP contribution in [0.2, 0.25) is 0 Å². The van der Waals surface area contributed by atoms with E-state index in [0.29, 0.717) is 5.56 Å². The van der Waals surface area contributed by atoms with Crippen molar-refractivity contribution in [3.8, 4) is 11.3 Å². The Labute approximate surface area is 124 Å². The van der Waals surface area contributed by atoms with E-state index in [1.54, 1.807) is 0 Å². The topological polar surface area (TPSA) is 3.88 Å². The number of rotatable bonds is 2. The highest BCUT2D eigenvalue weighted by atomic mass is 19.1. The van der Waals surface area contributed by atoms with Gasteiger partial charge >= 0.3 is 0 Å². The first-order valence-corrected chi connectivity index (χ1v) is 7.53. The first-order chi connectivity index (χ1) is 10.0. The Balaban J connectivity index is 2.42. The van der Waals surface area contributed by atoms with Crippen LogP contribution in [0, 0.1) is 11.6 Å². The van der Waals surface area contributed by atoms with Crippen molar-refractivity contribution >= 4 is 0 Å². The number of aromatic nitrogens is 1. The van der Waals surface area contributed by atoms with E-state index in [-0.39, 0.29) is 11.5 Å². The van der Waals surface area contributed by atoms with Crippen molar-refractivity contribution in [1.82, 2.24) is 0 Å². The molecule has 0 saturated carbocycles. The molecule has 3 heteroatoms. The fourth-order valence-electron chi connectivity index (χ4n) is 3.78. The Morgan fingerprint density at radius 1 is 1.19 bits per heavy atom. The Kier molecular flexibility index (Phi) is 3.31. The van der Waals surface area contributed by atoms with E-state index in [1.165, 1.54) is 6.07 Å². The molecule has 1 aliphatic rings.